The monoisotopic (exact) mass is 361 g/mol. The number of sulfone groups is 1. The van der Waals surface area contributed by atoms with Crippen molar-refractivity contribution in [2.45, 2.75) is 17.7 Å². The number of carbonyl (C=O) groups is 2. The summed E-state index contributed by atoms with van der Waals surface area (Å²) in [5.74, 6) is -0.926. The molecule has 1 heterocycles. The topological polar surface area (TPSA) is 107 Å². The molecule has 0 spiro atoms. The minimum Gasteiger partial charge on any atom is -0.338 e. The predicted molar refractivity (Wildman–Crippen MR) is 92.4 cm³/mol. The Bertz CT molecular complexity index is 855. The van der Waals surface area contributed by atoms with Gasteiger partial charge in [0.1, 0.15) is 0 Å². The van der Waals surface area contributed by atoms with Crippen LogP contribution in [0.2, 0.25) is 0 Å². The zero-order valence-electron chi connectivity index (χ0n) is 13.9. The zero-order valence-corrected chi connectivity index (χ0v) is 14.7. The van der Waals surface area contributed by atoms with Gasteiger partial charge in [0.15, 0.2) is 9.84 Å². The number of piperidine rings is 1. The van der Waals surface area contributed by atoms with Crippen LogP contribution in [0.15, 0.2) is 35.7 Å². The molecule has 8 heteroatoms. The molecule has 1 aliphatic rings. The molecule has 132 valence electrons. The maximum atomic E-state index is 12.5. The van der Waals surface area contributed by atoms with E-state index >= 15 is 0 Å². The number of amides is 2. The van der Waals surface area contributed by atoms with E-state index in [-0.39, 0.29) is 34.5 Å². The highest BCUT2D eigenvalue weighted by atomic mass is 32.2. The fraction of sp³-hybridized carbons (Fsp3) is 0.353. The van der Waals surface area contributed by atoms with E-state index in [0.717, 1.165) is 6.26 Å². The van der Waals surface area contributed by atoms with Crippen molar-refractivity contribution in [3.8, 4) is 6.07 Å². The minimum absolute atomic E-state index is 0.0334. The third-order valence-electron chi connectivity index (χ3n) is 4.01. The summed E-state index contributed by atoms with van der Waals surface area (Å²) in [7, 11) is -3.51. The molecular weight excluding hydrogens is 342 g/mol. The molecule has 1 aliphatic heterocycles. The van der Waals surface area contributed by atoms with E-state index in [9.17, 15) is 18.0 Å². The first-order chi connectivity index (χ1) is 11.7. The van der Waals surface area contributed by atoms with Crippen LogP contribution in [0.5, 0.6) is 0 Å². The molecule has 0 radical (unpaired) electrons. The summed E-state index contributed by atoms with van der Waals surface area (Å²) in [6.45, 7) is 4.31. The molecule has 0 aliphatic carbocycles. The number of rotatable bonds is 4. The zero-order chi connectivity index (χ0) is 18.6. The van der Waals surface area contributed by atoms with Crippen molar-refractivity contribution in [3.05, 3.63) is 36.4 Å². The molecule has 2 amide bonds. The lowest BCUT2D eigenvalue weighted by Gasteiger charge is -2.31. The van der Waals surface area contributed by atoms with E-state index < -0.39 is 15.8 Å². The van der Waals surface area contributed by atoms with Crippen LogP contribution in [0.4, 0.5) is 5.69 Å². The van der Waals surface area contributed by atoms with Crippen molar-refractivity contribution in [2.75, 3.05) is 24.7 Å². The van der Waals surface area contributed by atoms with Crippen molar-refractivity contribution < 1.29 is 18.0 Å². The molecule has 1 fully saturated rings. The number of benzene rings is 1. The molecule has 1 aromatic rings. The number of anilines is 1. The van der Waals surface area contributed by atoms with Crippen molar-refractivity contribution in [1.82, 2.24) is 4.90 Å². The predicted octanol–water partition coefficient (Wildman–Crippen LogP) is 1.32. The Morgan fingerprint density at radius 2 is 2.12 bits per heavy atom. The van der Waals surface area contributed by atoms with Crippen LogP contribution < -0.4 is 5.32 Å². The standard InChI is InChI=1S/C17H19N3O4S/c1-3-16(21)20-6-4-5-13(11-20)17(22)19-14-7-12(10-18)8-15(9-14)25(2,23)24/h3,7-9,13H,1,4-6,11H2,2H3,(H,19,22). The molecule has 7 nitrogen and oxygen atoms in total. The lowest BCUT2D eigenvalue weighted by molar-refractivity contribution is -0.130. The second-order valence-corrected chi connectivity index (χ2v) is 7.96. The third kappa shape index (κ3) is 4.67. The molecule has 25 heavy (non-hydrogen) atoms. The number of hydrogen-bond donors (Lipinski definition) is 1. The van der Waals surface area contributed by atoms with Crippen LogP contribution in [-0.2, 0) is 19.4 Å². The third-order valence-corrected chi connectivity index (χ3v) is 5.10. The Labute approximate surface area is 146 Å². The highest BCUT2D eigenvalue weighted by Crippen LogP contribution is 2.22. The Balaban J connectivity index is 2.19. The number of carbonyl (C=O) groups excluding carboxylic acids is 2. The second-order valence-electron chi connectivity index (χ2n) is 5.95. The van der Waals surface area contributed by atoms with Crippen molar-refractivity contribution >= 4 is 27.3 Å². The summed E-state index contributed by atoms with van der Waals surface area (Å²) in [5.41, 5.74) is 0.391. The SMILES string of the molecule is C=CC(=O)N1CCCC(C(=O)Nc2cc(C#N)cc(S(C)(=O)=O)c2)C1. The van der Waals surface area contributed by atoms with E-state index in [1.165, 1.54) is 24.3 Å². The number of hydrogen-bond acceptors (Lipinski definition) is 5. The summed E-state index contributed by atoms with van der Waals surface area (Å²) >= 11 is 0. The van der Waals surface area contributed by atoms with Crippen LogP contribution in [0, 0.1) is 17.2 Å². The Kier molecular flexibility index (Phi) is 5.59. The number of nitrogens with zero attached hydrogens (tertiary/aromatic N) is 2. The van der Waals surface area contributed by atoms with E-state index in [1.807, 2.05) is 6.07 Å². The summed E-state index contributed by atoms with van der Waals surface area (Å²) in [6, 6.07) is 5.88. The first-order valence-corrected chi connectivity index (χ1v) is 9.61. The lowest BCUT2D eigenvalue weighted by atomic mass is 9.97. The van der Waals surface area contributed by atoms with E-state index in [1.54, 1.807) is 4.90 Å². The lowest BCUT2D eigenvalue weighted by Crippen LogP contribution is -2.43. The van der Waals surface area contributed by atoms with Gasteiger partial charge in [-0.1, -0.05) is 6.58 Å². The smallest absolute Gasteiger partial charge is 0.245 e. The van der Waals surface area contributed by atoms with Gasteiger partial charge >= 0.3 is 0 Å². The molecule has 1 saturated heterocycles. The van der Waals surface area contributed by atoms with Crippen molar-refractivity contribution in [2.24, 2.45) is 5.92 Å². The van der Waals surface area contributed by atoms with Gasteiger partial charge in [-0.05, 0) is 37.1 Å². The van der Waals surface area contributed by atoms with Crippen LogP contribution in [0.3, 0.4) is 0 Å². The summed E-state index contributed by atoms with van der Waals surface area (Å²) in [6.07, 6.45) is 3.58. The van der Waals surface area contributed by atoms with E-state index in [4.69, 9.17) is 5.26 Å². The fourth-order valence-electron chi connectivity index (χ4n) is 2.71. The number of nitriles is 1. The first-order valence-electron chi connectivity index (χ1n) is 7.72. The van der Waals surface area contributed by atoms with Crippen LogP contribution >= 0.6 is 0 Å². The maximum absolute atomic E-state index is 12.5. The van der Waals surface area contributed by atoms with Crippen LogP contribution in [0.1, 0.15) is 18.4 Å². The van der Waals surface area contributed by atoms with E-state index in [2.05, 4.69) is 11.9 Å². The molecule has 1 atom stereocenters. The summed E-state index contributed by atoms with van der Waals surface area (Å²) < 4.78 is 23.4. The molecule has 0 saturated carbocycles. The van der Waals surface area contributed by atoms with E-state index in [0.29, 0.717) is 19.4 Å². The van der Waals surface area contributed by atoms with Gasteiger partial charge in [-0.2, -0.15) is 5.26 Å². The normalized spacial score (nSPS) is 17.4. The Morgan fingerprint density at radius 1 is 1.40 bits per heavy atom. The molecule has 0 bridgehead atoms. The van der Waals surface area contributed by atoms with Gasteiger partial charge in [0.25, 0.3) is 0 Å². The van der Waals surface area contributed by atoms with Gasteiger partial charge in [0.05, 0.1) is 22.4 Å². The van der Waals surface area contributed by atoms with Crippen LogP contribution in [-0.4, -0.2) is 44.5 Å². The quantitative estimate of drug-likeness (QED) is 0.814. The van der Waals surface area contributed by atoms with Gasteiger partial charge in [0.2, 0.25) is 11.8 Å². The summed E-state index contributed by atoms with van der Waals surface area (Å²) in [5, 5.41) is 11.7. The second kappa shape index (κ2) is 7.49. The highest BCUT2D eigenvalue weighted by molar-refractivity contribution is 7.90. The minimum atomic E-state index is -3.51. The summed E-state index contributed by atoms with van der Waals surface area (Å²) in [4.78, 5) is 25.7. The maximum Gasteiger partial charge on any atom is 0.245 e. The largest absolute Gasteiger partial charge is 0.338 e. The molecule has 1 N–H and O–H groups in total. The average molecular weight is 361 g/mol. The van der Waals surface area contributed by atoms with Gasteiger partial charge in [-0.25, -0.2) is 8.42 Å². The number of nitrogens with one attached hydrogen (secondary N) is 1. The van der Waals surface area contributed by atoms with Gasteiger partial charge in [-0.15, -0.1) is 0 Å². The molecule has 1 aromatic carbocycles. The molecule has 1 unspecified atom stereocenters. The highest BCUT2D eigenvalue weighted by Gasteiger charge is 2.27. The van der Waals surface area contributed by atoms with Crippen LogP contribution in [0.25, 0.3) is 0 Å². The molecule has 2 rings (SSSR count). The van der Waals surface area contributed by atoms with Gasteiger partial charge in [0, 0.05) is 25.0 Å². The van der Waals surface area contributed by atoms with Gasteiger partial charge in [-0.3, -0.25) is 9.59 Å². The van der Waals surface area contributed by atoms with Crippen molar-refractivity contribution in [3.63, 3.8) is 0 Å². The molecule has 0 aromatic heterocycles. The Morgan fingerprint density at radius 3 is 2.72 bits per heavy atom. The van der Waals surface area contributed by atoms with Crippen molar-refractivity contribution in [1.29, 1.82) is 5.26 Å². The first kappa shape index (κ1) is 18.7. The fourth-order valence-corrected chi connectivity index (χ4v) is 3.40. The average Bonchev–Trinajstić information content (AvgIpc) is 2.60. The Hall–Kier alpha value is -2.66. The molecular formula is C17H19N3O4S. The number of likely N-dealkylation sites (tertiary alicyclic amines) is 1. The van der Waals surface area contributed by atoms with Gasteiger partial charge < -0.3 is 10.2 Å².